The summed E-state index contributed by atoms with van der Waals surface area (Å²) in [6, 6.07) is 0.910. The van der Waals surface area contributed by atoms with E-state index in [4.69, 9.17) is 0 Å². The van der Waals surface area contributed by atoms with Crippen molar-refractivity contribution in [2.75, 3.05) is 0 Å². The minimum absolute atomic E-state index is 0.250. The maximum Gasteiger partial charge on any atom is 0.124 e. The monoisotopic (exact) mass is 127 g/mol. The highest BCUT2D eigenvalue weighted by atomic mass is 16.1. The third-order valence-electron chi connectivity index (χ3n) is 1.99. The molecule has 0 saturated carbocycles. The molecule has 0 spiro atoms. The van der Waals surface area contributed by atoms with Crippen LogP contribution in [0.4, 0.5) is 0 Å². The van der Waals surface area contributed by atoms with Crippen molar-refractivity contribution < 1.29 is 4.79 Å². The predicted molar refractivity (Wildman–Crippen MR) is 36.2 cm³/mol. The number of hydrogen-bond donors (Lipinski definition) is 1. The van der Waals surface area contributed by atoms with Gasteiger partial charge in [0.15, 0.2) is 0 Å². The molecule has 1 saturated heterocycles. The standard InChI is InChI=1S/C7H13NO/c1-5-3-7(4-9)6(2)8-5/h4-8H,3H2,1-2H3. The summed E-state index contributed by atoms with van der Waals surface area (Å²) in [5, 5.41) is 3.29. The minimum atomic E-state index is 0.250. The van der Waals surface area contributed by atoms with Crippen LogP contribution in [-0.2, 0) is 4.79 Å². The van der Waals surface area contributed by atoms with E-state index in [1.807, 2.05) is 0 Å². The van der Waals surface area contributed by atoms with Crippen molar-refractivity contribution in [3.05, 3.63) is 0 Å². The molecule has 1 heterocycles. The Morgan fingerprint density at radius 3 is 2.44 bits per heavy atom. The molecule has 52 valence electrons. The molecule has 1 aliphatic rings. The van der Waals surface area contributed by atoms with Crippen LogP contribution in [0.2, 0.25) is 0 Å². The van der Waals surface area contributed by atoms with Gasteiger partial charge in [-0.3, -0.25) is 0 Å². The smallest absolute Gasteiger partial charge is 0.124 e. The minimum Gasteiger partial charge on any atom is -0.311 e. The lowest BCUT2D eigenvalue weighted by atomic mass is 10.0. The second-order valence-electron chi connectivity index (χ2n) is 2.89. The normalized spacial score (nSPS) is 43.1. The Labute approximate surface area is 55.6 Å². The zero-order valence-electron chi connectivity index (χ0n) is 5.92. The lowest BCUT2D eigenvalue weighted by Crippen LogP contribution is -2.27. The fourth-order valence-electron chi connectivity index (χ4n) is 1.43. The molecule has 0 aromatic carbocycles. The molecule has 0 bridgehead atoms. The first-order valence-electron chi connectivity index (χ1n) is 3.45. The number of aldehydes is 1. The third kappa shape index (κ3) is 1.30. The van der Waals surface area contributed by atoms with Crippen molar-refractivity contribution in [3.8, 4) is 0 Å². The van der Waals surface area contributed by atoms with Gasteiger partial charge < -0.3 is 10.1 Å². The molecule has 9 heavy (non-hydrogen) atoms. The maximum absolute atomic E-state index is 10.3. The molecule has 0 radical (unpaired) electrons. The van der Waals surface area contributed by atoms with Gasteiger partial charge in [-0.1, -0.05) is 0 Å². The van der Waals surface area contributed by atoms with E-state index >= 15 is 0 Å². The highest BCUT2D eigenvalue weighted by Gasteiger charge is 2.26. The SMILES string of the molecule is CC1CC(C=O)C(C)N1. The first kappa shape index (κ1) is 6.75. The molecule has 3 atom stereocenters. The molecule has 0 aromatic heterocycles. The van der Waals surface area contributed by atoms with E-state index in [9.17, 15) is 4.79 Å². The van der Waals surface area contributed by atoms with Crippen molar-refractivity contribution >= 4 is 6.29 Å². The van der Waals surface area contributed by atoms with Crippen LogP contribution in [0.3, 0.4) is 0 Å². The zero-order valence-corrected chi connectivity index (χ0v) is 5.92. The summed E-state index contributed by atoms with van der Waals surface area (Å²) < 4.78 is 0. The first-order valence-corrected chi connectivity index (χ1v) is 3.45. The summed E-state index contributed by atoms with van der Waals surface area (Å²) in [4.78, 5) is 10.3. The van der Waals surface area contributed by atoms with E-state index in [2.05, 4.69) is 19.2 Å². The summed E-state index contributed by atoms with van der Waals surface area (Å²) in [5.74, 6) is 0.250. The average Bonchev–Trinajstić information content (AvgIpc) is 2.10. The molecular formula is C7H13NO. The van der Waals surface area contributed by atoms with Crippen LogP contribution >= 0.6 is 0 Å². The number of nitrogens with one attached hydrogen (secondary N) is 1. The van der Waals surface area contributed by atoms with Crippen LogP contribution in [-0.4, -0.2) is 18.4 Å². The third-order valence-corrected chi connectivity index (χ3v) is 1.99. The van der Waals surface area contributed by atoms with Crippen LogP contribution in [0.1, 0.15) is 20.3 Å². The molecule has 0 aliphatic carbocycles. The molecule has 0 amide bonds. The van der Waals surface area contributed by atoms with Gasteiger partial charge >= 0.3 is 0 Å². The van der Waals surface area contributed by atoms with E-state index < -0.39 is 0 Å². The van der Waals surface area contributed by atoms with Gasteiger partial charge in [-0.15, -0.1) is 0 Å². The van der Waals surface area contributed by atoms with Gasteiger partial charge in [-0.2, -0.15) is 0 Å². The van der Waals surface area contributed by atoms with Crippen LogP contribution < -0.4 is 5.32 Å². The maximum atomic E-state index is 10.3. The van der Waals surface area contributed by atoms with Gasteiger partial charge in [-0.25, -0.2) is 0 Å². The van der Waals surface area contributed by atoms with Crippen molar-refractivity contribution in [2.45, 2.75) is 32.4 Å². The Hall–Kier alpha value is -0.370. The van der Waals surface area contributed by atoms with E-state index in [1.54, 1.807) is 0 Å². The van der Waals surface area contributed by atoms with Crippen molar-refractivity contribution in [3.63, 3.8) is 0 Å². The molecule has 1 rings (SSSR count). The largest absolute Gasteiger partial charge is 0.311 e. The molecule has 2 nitrogen and oxygen atoms in total. The van der Waals surface area contributed by atoms with Gasteiger partial charge in [-0.05, 0) is 20.3 Å². The Bertz CT molecular complexity index is 113. The molecule has 1 fully saturated rings. The van der Waals surface area contributed by atoms with Gasteiger partial charge in [0.25, 0.3) is 0 Å². The van der Waals surface area contributed by atoms with Gasteiger partial charge in [0.05, 0.1) is 0 Å². The van der Waals surface area contributed by atoms with Crippen molar-refractivity contribution in [1.82, 2.24) is 5.32 Å². The fraction of sp³-hybridized carbons (Fsp3) is 0.857. The van der Waals surface area contributed by atoms with Crippen LogP contribution in [0.5, 0.6) is 0 Å². The molecule has 1 N–H and O–H groups in total. The molecule has 1 aliphatic heterocycles. The molecular weight excluding hydrogens is 114 g/mol. The van der Waals surface area contributed by atoms with E-state index in [0.717, 1.165) is 12.7 Å². The summed E-state index contributed by atoms with van der Waals surface area (Å²) in [7, 11) is 0. The summed E-state index contributed by atoms with van der Waals surface area (Å²) >= 11 is 0. The van der Waals surface area contributed by atoms with Crippen molar-refractivity contribution in [1.29, 1.82) is 0 Å². The first-order chi connectivity index (χ1) is 4.24. The number of rotatable bonds is 1. The summed E-state index contributed by atoms with van der Waals surface area (Å²) in [6.07, 6.45) is 2.06. The van der Waals surface area contributed by atoms with Gasteiger partial charge in [0.1, 0.15) is 6.29 Å². The number of hydrogen-bond acceptors (Lipinski definition) is 2. The highest BCUT2D eigenvalue weighted by molar-refractivity contribution is 5.55. The second kappa shape index (κ2) is 2.48. The molecule has 2 heteroatoms. The van der Waals surface area contributed by atoms with Crippen LogP contribution in [0.15, 0.2) is 0 Å². The summed E-state index contributed by atoms with van der Waals surface area (Å²) in [5.41, 5.74) is 0. The number of carbonyl (C=O) groups excluding carboxylic acids is 1. The van der Waals surface area contributed by atoms with E-state index in [0.29, 0.717) is 12.1 Å². The Kier molecular flexibility index (Phi) is 1.86. The van der Waals surface area contributed by atoms with Crippen LogP contribution in [0, 0.1) is 5.92 Å². The lowest BCUT2D eigenvalue weighted by Gasteiger charge is -2.05. The van der Waals surface area contributed by atoms with E-state index in [-0.39, 0.29) is 5.92 Å². The lowest BCUT2D eigenvalue weighted by molar-refractivity contribution is -0.111. The summed E-state index contributed by atoms with van der Waals surface area (Å²) in [6.45, 7) is 4.17. The molecule has 3 unspecified atom stereocenters. The number of carbonyl (C=O) groups is 1. The average molecular weight is 127 g/mol. The quantitative estimate of drug-likeness (QED) is 0.522. The predicted octanol–water partition coefficient (Wildman–Crippen LogP) is 0.572. The van der Waals surface area contributed by atoms with E-state index in [1.165, 1.54) is 0 Å². The molecule has 0 aromatic rings. The Morgan fingerprint density at radius 2 is 2.22 bits per heavy atom. The fourth-order valence-corrected chi connectivity index (χ4v) is 1.43. The van der Waals surface area contributed by atoms with Gasteiger partial charge in [0.2, 0.25) is 0 Å². The Morgan fingerprint density at radius 1 is 1.56 bits per heavy atom. The highest BCUT2D eigenvalue weighted by Crippen LogP contribution is 2.16. The topological polar surface area (TPSA) is 29.1 Å². The van der Waals surface area contributed by atoms with Crippen molar-refractivity contribution in [2.24, 2.45) is 5.92 Å². The zero-order chi connectivity index (χ0) is 6.85. The second-order valence-corrected chi connectivity index (χ2v) is 2.89. The Balaban J connectivity index is 2.47. The van der Waals surface area contributed by atoms with Crippen LogP contribution in [0.25, 0.3) is 0 Å². The van der Waals surface area contributed by atoms with Gasteiger partial charge in [0, 0.05) is 18.0 Å².